The zero-order valence-electron chi connectivity index (χ0n) is 14.2. The molecule has 3 aromatic rings. The fourth-order valence-corrected chi connectivity index (χ4v) is 3.35. The van der Waals surface area contributed by atoms with Crippen molar-refractivity contribution in [3.8, 4) is 28.4 Å². The maximum atomic E-state index is 13.0. The Morgan fingerprint density at radius 2 is 1.80 bits per heavy atom. The summed E-state index contributed by atoms with van der Waals surface area (Å²) in [4.78, 5) is 13.0. The molecule has 0 amide bonds. The molecule has 2 N–H and O–H groups in total. The van der Waals surface area contributed by atoms with Gasteiger partial charge in [-0.2, -0.15) is 0 Å². The molecule has 2 heterocycles. The van der Waals surface area contributed by atoms with Crippen LogP contribution in [0.25, 0.3) is 22.1 Å². The van der Waals surface area contributed by atoms with Gasteiger partial charge in [0, 0.05) is 17.0 Å². The van der Waals surface area contributed by atoms with Crippen molar-refractivity contribution in [2.24, 2.45) is 0 Å². The Morgan fingerprint density at radius 1 is 1.12 bits per heavy atom. The molecule has 0 bridgehead atoms. The first-order chi connectivity index (χ1) is 11.8. The first kappa shape index (κ1) is 15.6. The van der Waals surface area contributed by atoms with Crippen molar-refractivity contribution < 1.29 is 19.4 Å². The molecular formula is C20H18O5. The highest BCUT2D eigenvalue weighted by Gasteiger charge is 2.42. The van der Waals surface area contributed by atoms with Crippen molar-refractivity contribution in [2.75, 3.05) is 0 Å². The van der Waals surface area contributed by atoms with Gasteiger partial charge in [-0.3, -0.25) is 4.79 Å². The average Bonchev–Trinajstić information content (AvgIpc) is 2.77. The SMILES string of the molecule is CC1Oc2cc(O)c3c(=O)c(-c4ccc(O)cc4)coc3c2C1(C)C. The Morgan fingerprint density at radius 3 is 2.48 bits per heavy atom. The Hall–Kier alpha value is -2.95. The van der Waals surface area contributed by atoms with Crippen LogP contribution in [0.1, 0.15) is 26.3 Å². The summed E-state index contributed by atoms with van der Waals surface area (Å²) in [6.07, 6.45) is 1.30. The van der Waals surface area contributed by atoms with Gasteiger partial charge in [-0.15, -0.1) is 0 Å². The molecule has 25 heavy (non-hydrogen) atoms. The largest absolute Gasteiger partial charge is 0.508 e. The molecule has 1 atom stereocenters. The number of hydrogen-bond donors (Lipinski definition) is 2. The lowest BCUT2D eigenvalue weighted by Gasteiger charge is -2.22. The van der Waals surface area contributed by atoms with Crippen LogP contribution in [0.15, 0.2) is 45.8 Å². The molecule has 0 saturated heterocycles. The molecule has 1 aromatic heterocycles. The fourth-order valence-electron chi connectivity index (χ4n) is 3.35. The molecular weight excluding hydrogens is 320 g/mol. The minimum atomic E-state index is -0.350. The summed E-state index contributed by atoms with van der Waals surface area (Å²) in [6, 6.07) is 7.75. The molecule has 0 saturated carbocycles. The molecule has 5 nitrogen and oxygen atoms in total. The highest BCUT2D eigenvalue weighted by atomic mass is 16.5. The minimum absolute atomic E-state index is 0.102. The smallest absolute Gasteiger partial charge is 0.204 e. The summed E-state index contributed by atoms with van der Waals surface area (Å²) in [5.41, 5.74) is 1.42. The van der Waals surface area contributed by atoms with Gasteiger partial charge in [-0.25, -0.2) is 0 Å². The first-order valence-corrected chi connectivity index (χ1v) is 8.08. The van der Waals surface area contributed by atoms with Gasteiger partial charge in [0.15, 0.2) is 0 Å². The Labute approximate surface area is 144 Å². The molecule has 0 radical (unpaired) electrons. The van der Waals surface area contributed by atoms with Crippen molar-refractivity contribution in [1.29, 1.82) is 0 Å². The quantitative estimate of drug-likeness (QED) is 0.703. The number of aromatic hydroxyl groups is 2. The number of phenols is 2. The monoisotopic (exact) mass is 338 g/mol. The lowest BCUT2D eigenvalue weighted by molar-refractivity contribution is 0.185. The van der Waals surface area contributed by atoms with E-state index < -0.39 is 0 Å². The third kappa shape index (κ3) is 2.12. The van der Waals surface area contributed by atoms with E-state index in [1.54, 1.807) is 12.1 Å². The molecule has 0 aliphatic carbocycles. The second kappa shape index (κ2) is 5.02. The molecule has 1 unspecified atom stereocenters. The highest BCUT2D eigenvalue weighted by molar-refractivity contribution is 5.92. The van der Waals surface area contributed by atoms with Crippen LogP contribution in [-0.2, 0) is 5.41 Å². The summed E-state index contributed by atoms with van der Waals surface area (Å²) in [7, 11) is 0. The van der Waals surface area contributed by atoms with Gasteiger partial charge in [0.2, 0.25) is 5.43 Å². The van der Waals surface area contributed by atoms with Crippen LogP contribution in [0, 0.1) is 0 Å². The molecule has 0 fully saturated rings. The van der Waals surface area contributed by atoms with Gasteiger partial charge in [-0.1, -0.05) is 26.0 Å². The fraction of sp³-hybridized carbons (Fsp3) is 0.250. The summed E-state index contributed by atoms with van der Waals surface area (Å²) in [6.45, 7) is 5.99. The number of hydrogen-bond acceptors (Lipinski definition) is 5. The molecule has 1 aliphatic rings. The van der Waals surface area contributed by atoms with Crippen molar-refractivity contribution in [1.82, 2.24) is 0 Å². The van der Waals surface area contributed by atoms with Crippen molar-refractivity contribution in [3.05, 3.63) is 52.4 Å². The average molecular weight is 338 g/mol. The number of benzene rings is 2. The first-order valence-electron chi connectivity index (χ1n) is 8.08. The second-order valence-electron chi connectivity index (χ2n) is 6.98. The van der Waals surface area contributed by atoms with Gasteiger partial charge in [0.1, 0.15) is 40.6 Å². The van der Waals surface area contributed by atoms with E-state index in [1.807, 2.05) is 20.8 Å². The standard InChI is InChI=1S/C20H18O5/c1-10-20(2,3)17-15(25-10)8-14(22)16-18(23)13(9-24-19(16)17)11-4-6-12(21)7-5-11/h4-10,21-22H,1-3H3. The lowest BCUT2D eigenvalue weighted by atomic mass is 9.80. The molecule has 128 valence electrons. The normalized spacial score (nSPS) is 18.1. The van der Waals surface area contributed by atoms with Gasteiger partial charge < -0.3 is 19.4 Å². The van der Waals surface area contributed by atoms with E-state index in [9.17, 15) is 15.0 Å². The predicted molar refractivity (Wildman–Crippen MR) is 94.4 cm³/mol. The van der Waals surface area contributed by atoms with Crippen molar-refractivity contribution >= 4 is 11.0 Å². The molecule has 0 spiro atoms. The van der Waals surface area contributed by atoms with E-state index in [4.69, 9.17) is 9.15 Å². The molecule has 5 heteroatoms. The minimum Gasteiger partial charge on any atom is -0.508 e. The Bertz CT molecular complexity index is 1040. The second-order valence-corrected chi connectivity index (χ2v) is 6.98. The van der Waals surface area contributed by atoms with Crippen molar-refractivity contribution in [3.63, 3.8) is 0 Å². The van der Waals surface area contributed by atoms with Gasteiger partial charge >= 0.3 is 0 Å². The maximum Gasteiger partial charge on any atom is 0.204 e. The van der Waals surface area contributed by atoms with Crippen LogP contribution < -0.4 is 10.2 Å². The highest BCUT2D eigenvalue weighted by Crippen LogP contribution is 2.48. The molecule has 2 aromatic carbocycles. The number of fused-ring (bicyclic) bond motifs is 3. The van der Waals surface area contributed by atoms with E-state index in [-0.39, 0.29) is 33.8 Å². The summed E-state index contributed by atoms with van der Waals surface area (Å²) < 4.78 is 11.6. The Kier molecular flexibility index (Phi) is 3.13. The van der Waals surface area contributed by atoms with E-state index >= 15 is 0 Å². The predicted octanol–water partition coefficient (Wildman–Crippen LogP) is 3.93. The summed E-state index contributed by atoms with van der Waals surface area (Å²) in [5.74, 6) is 0.499. The maximum absolute atomic E-state index is 13.0. The number of rotatable bonds is 1. The molecule has 4 rings (SSSR count). The zero-order chi connectivity index (χ0) is 17.9. The zero-order valence-corrected chi connectivity index (χ0v) is 14.2. The van der Waals surface area contributed by atoms with Crippen LogP contribution in [0.3, 0.4) is 0 Å². The third-order valence-corrected chi connectivity index (χ3v) is 5.13. The topological polar surface area (TPSA) is 79.9 Å². The van der Waals surface area contributed by atoms with E-state index in [2.05, 4.69) is 0 Å². The number of phenolic OH excluding ortho intramolecular Hbond substituents is 2. The summed E-state index contributed by atoms with van der Waals surface area (Å²) in [5, 5.41) is 20.0. The van der Waals surface area contributed by atoms with Crippen LogP contribution in [0.4, 0.5) is 0 Å². The van der Waals surface area contributed by atoms with Gasteiger partial charge in [-0.05, 0) is 24.6 Å². The third-order valence-electron chi connectivity index (χ3n) is 5.13. The van der Waals surface area contributed by atoms with E-state index in [0.717, 1.165) is 5.56 Å². The molecule has 1 aliphatic heterocycles. The van der Waals surface area contributed by atoms with Gasteiger partial charge in [0.25, 0.3) is 0 Å². The Balaban J connectivity index is 2.04. The van der Waals surface area contributed by atoms with Gasteiger partial charge in [0.05, 0.1) is 5.56 Å². The summed E-state index contributed by atoms with van der Waals surface area (Å²) >= 11 is 0. The van der Waals surface area contributed by atoms with E-state index in [0.29, 0.717) is 22.5 Å². The van der Waals surface area contributed by atoms with Crippen LogP contribution >= 0.6 is 0 Å². The van der Waals surface area contributed by atoms with E-state index in [1.165, 1.54) is 24.5 Å². The van der Waals surface area contributed by atoms with Crippen LogP contribution in [0.5, 0.6) is 17.2 Å². The van der Waals surface area contributed by atoms with Crippen LogP contribution in [0.2, 0.25) is 0 Å². The van der Waals surface area contributed by atoms with Crippen molar-refractivity contribution in [2.45, 2.75) is 32.3 Å². The lowest BCUT2D eigenvalue weighted by Crippen LogP contribution is -2.29. The van der Waals surface area contributed by atoms with Crippen LogP contribution in [-0.4, -0.2) is 16.3 Å². The number of ether oxygens (including phenoxy) is 1.